The van der Waals surface area contributed by atoms with Gasteiger partial charge in [0, 0.05) is 39.4 Å². The summed E-state index contributed by atoms with van der Waals surface area (Å²) >= 11 is 0. The minimum Gasteiger partial charge on any atom is -0.378 e. The largest absolute Gasteiger partial charge is 0.378 e. The molecule has 3 heterocycles. The predicted octanol–water partition coefficient (Wildman–Crippen LogP) is 1.31. The van der Waals surface area contributed by atoms with Crippen LogP contribution in [-0.4, -0.2) is 67.4 Å². The van der Waals surface area contributed by atoms with Crippen LogP contribution in [-0.2, 0) is 16.1 Å². The number of hydrogen-bond donors (Lipinski definition) is 0. The topological polar surface area (TPSA) is 50.7 Å². The van der Waals surface area contributed by atoms with Gasteiger partial charge in [-0.05, 0) is 32.4 Å². The summed E-state index contributed by atoms with van der Waals surface area (Å²) in [5, 5.41) is 0. The molecule has 2 aliphatic heterocycles. The summed E-state index contributed by atoms with van der Waals surface area (Å²) in [4.78, 5) is 13.5. The normalized spacial score (nSPS) is 23.7. The highest BCUT2D eigenvalue weighted by atomic mass is 16.5. The van der Waals surface area contributed by atoms with Crippen LogP contribution in [0.25, 0.3) is 0 Å². The van der Waals surface area contributed by atoms with E-state index in [1.807, 2.05) is 6.07 Å². The molecule has 0 bridgehead atoms. The molecule has 122 valence electrons. The molecule has 2 fully saturated rings. The van der Waals surface area contributed by atoms with Crippen molar-refractivity contribution in [2.45, 2.75) is 32.0 Å². The monoisotopic (exact) mass is 306 g/mol. The van der Waals surface area contributed by atoms with E-state index in [1.165, 1.54) is 25.9 Å². The van der Waals surface area contributed by atoms with Crippen molar-refractivity contribution < 1.29 is 9.47 Å². The molecule has 0 radical (unpaired) electrons. The van der Waals surface area contributed by atoms with E-state index < -0.39 is 0 Å². The molecule has 0 aromatic carbocycles. The maximum atomic E-state index is 6.04. The van der Waals surface area contributed by atoms with Gasteiger partial charge in [-0.15, -0.1) is 0 Å². The van der Waals surface area contributed by atoms with Crippen LogP contribution in [0.4, 0.5) is 5.82 Å². The fourth-order valence-corrected chi connectivity index (χ4v) is 3.25. The molecule has 0 unspecified atom stereocenters. The van der Waals surface area contributed by atoms with Crippen molar-refractivity contribution in [1.29, 1.82) is 0 Å². The molecule has 1 atom stereocenters. The van der Waals surface area contributed by atoms with Crippen LogP contribution in [0.1, 0.15) is 25.0 Å². The van der Waals surface area contributed by atoms with Crippen molar-refractivity contribution in [3.8, 4) is 0 Å². The van der Waals surface area contributed by atoms with Crippen molar-refractivity contribution in [1.82, 2.24) is 14.9 Å². The molecule has 6 nitrogen and oxygen atoms in total. The molecule has 0 saturated carbocycles. The minimum absolute atomic E-state index is 0.265. The number of hydrogen-bond acceptors (Lipinski definition) is 6. The summed E-state index contributed by atoms with van der Waals surface area (Å²) in [7, 11) is 1.69. The molecule has 2 saturated heterocycles. The van der Waals surface area contributed by atoms with E-state index in [0.717, 1.165) is 44.2 Å². The van der Waals surface area contributed by atoms with E-state index in [-0.39, 0.29) is 6.10 Å². The summed E-state index contributed by atoms with van der Waals surface area (Å²) in [6.07, 6.45) is 5.58. The summed E-state index contributed by atoms with van der Waals surface area (Å²) < 4.78 is 11.2. The van der Waals surface area contributed by atoms with Gasteiger partial charge in [-0.1, -0.05) is 0 Å². The zero-order chi connectivity index (χ0) is 15.2. The predicted molar refractivity (Wildman–Crippen MR) is 85.0 cm³/mol. The molecule has 0 spiro atoms. The molecule has 2 aliphatic rings. The SMILES string of the molecule is COCc1cc(N2CCCO[C@H](CN3CCCC3)C2)ncn1. The molecular formula is C16H26N4O2. The van der Waals surface area contributed by atoms with Gasteiger partial charge in [0.15, 0.2) is 0 Å². The highest BCUT2D eigenvalue weighted by Crippen LogP contribution is 2.18. The Morgan fingerprint density at radius 2 is 2.09 bits per heavy atom. The molecule has 3 rings (SSSR count). The van der Waals surface area contributed by atoms with Crippen molar-refractivity contribution in [3.63, 3.8) is 0 Å². The van der Waals surface area contributed by atoms with Crippen molar-refractivity contribution in [2.75, 3.05) is 51.3 Å². The van der Waals surface area contributed by atoms with E-state index in [4.69, 9.17) is 9.47 Å². The van der Waals surface area contributed by atoms with Crippen LogP contribution in [0.5, 0.6) is 0 Å². The number of anilines is 1. The molecular weight excluding hydrogens is 280 g/mol. The zero-order valence-corrected chi connectivity index (χ0v) is 13.4. The van der Waals surface area contributed by atoms with Crippen molar-refractivity contribution >= 4 is 5.82 Å². The summed E-state index contributed by atoms with van der Waals surface area (Å²) in [5.74, 6) is 0.985. The summed E-state index contributed by atoms with van der Waals surface area (Å²) in [6, 6.07) is 2.03. The second-order valence-electron chi connectivity index (χ2n) is 6.10. The quantitative estimate of drug-likeness (QED) is 0.818. The molecule has 0 amide bonds. The van der Waals surface area contributed by atoms with Gasteiger partial charge >= 0.3 is 0 Å². The highest BCUT2D eigenvalue weighted by Gasteiger charge is 2.23. The third kappa shape index (κ3) is 4.15. The number of rotatable bonds is 5. The number of ether oxygens (including phenoxy) is 2. The van der Waals surface area contributed by atoms with Crippen molar-refractivity contribution in [3.05, 3.63) is 18.1 Å². The lowest BCUT2D eigenvalue weighted by Crippen LogP contribution is -2.39. The van der Waals surface area contributed by atoms with Crippen LogP contribution in [0.15, 0.2) is 12.4 Å². The average Bonchev–Trinajstić information content (AvgIpc) is 2.92. The van der Waals surface area contributed by atoms with Crippen LogP contribution >= 0.6 is 0 Å². The lowest BCUT2D eigenvalue weighted by Gasteiger charge is -2.27. The Hall–Kier alpha value is -1.24. The molecule has 1 aromatic rings. The van der Waals surface area contributed by atoms with Gasteiger partial charge < -0.3 is 19.3 Å². The standard InChI is InChI=1S/C16H26N4O2/c1-21-12-14-9-16(18-13-17-14)20-7-4-8-22-15(11-20)10-19-5-2-3-6-19/h9,13,15H,2-8,10-12H2,1H3/t15-/m1/s1. The van der Waals surface area contributed by atoms with Crippen LogP contribution < -0.4 is 4.90 Å². The summed E-state index contributed by atoms with van der Waals surface area (Å²) in [6.45, 7) is 6.71. The molecule has 6 heteroatoms. The van der Waals surface area contributed by atoms with Gasteiger partial charge in [0.1, 0.15) is 12.1 Å². The van der Waals surface area contributed by atoms with E-state index in [2.05, 4.69) is 19.8 Å². The third-order valence-corrected chi connectivity index (χ3v) is 4.34. The first-order chi connectivity index (χ1) is 10.8. The lowest BCUT2D eigenvalue weighted by molar-refractivity contribution is 0.0450. The van der Waals surface area contributed by atoms with Gasteiger partial charge in [0.2, 0.25) is 0 Å². The van der Waals surface area contributed by atoms with Crippen LogP contribution in [0, 0.1) is 0 Å². The second kappa shape index (κ2) is 7.85. The molecule has 22 heavy (non-hydrogen) atoms. The Morgan fingerprint density at radius 3 is 2.91 bits per heavy atom. The molecule has 0 N–H and O–H groups in total. The van der Waals surface area contributed by atoms with Crippen LogP contribution in [0.2, 0.25) is 0 Å². The Kier molecular flexibility index (Phi) is 5.58. The Balaban J connectivity index is 1.65. The number of aromatic nitrogens is 2. The zero-order valence-electron chi connectivity index (χ0n) is 13.4. The number of likely N-dealkylation sites (tertiary alicyclic amines) is 1. The number of nitrogens with zero attached hydrogens (tertiary/aromatic N) is 4. The highest BCUT2D eigenvalue weighted by molar-refractivity contribution is 5.39. The van der Waals surface area contributed by atoms with E-state index in [9.17, 15) is 0 Å². The Morgan fingerprint density at radius 1 is 1.23 bits per heavy atom. The van der Waals surface area contributed by atoms with Crippen molar-refractivity contribution in [2.24, 2.45) is 0 Å². The summed E-state index contributed by atoms with van der Waals surface area (Å²) in [5.41, 5.74) is 0.925. The van der Waals surface area contributed by atoms with Gasteiger partial charge in [-0.3, -0.25) is 0 Å². The van der Waals surface area contributed by atoms with Gasteiger partial charge in [0.25, 0.3) is 0 Å². The van der Waals surface area contributed by atoms with E-state index in [1.54, 1.807) is 13.4 Å². The second-order valence-corrected chi connectivity index (χ2v) is 6.10. The van der Waals surface area contributed by atoms with E-state index in [0.29, 0.717) is 6.61 Å². The maximum absolute atomic E-state index is 6.04. The Labute approximate surface area is 132 Å². The first-order valence-corrected chi connectivity index (χ1v) is 8.24. The molecule has 0 aliphatic carbocycles. The van der Waals surface area contributed by atoms with Crippen LogP contribution in [0.3, 0.4) is 0 Å². The smallest absolute Gasteiger partial charge is 0.132 e. The molecule has 1 aromatic heterocycles. The lowest BCUT2D eigenvalue weighted by atomic mass is 10.3. The minimum atomic E-state index is 0.265. The van der Waals surface area contributed by atoms with E-state index >= 15 is 0 Å². The van der Waals surface area contributed by atoms with Gasteiger partial charge in [-0.2, -0.15) is 0 Å². The first-order valence-electron chi connectivity index (χ1n) is 8.24. The number of methoxy groups -OCH3 is 1. The maximum Gasteiger partial charge on any atom is 0.132 e. The average molecular weight is 306 g/mol. The fraction of sp³-hybridized carbons (Fsp3) is 0.750. The fourth-order valence-electron chi connectivity index (χ4n) is 3.25. The van der Waals surface area contributed by atoms with Gasteiger partial charge in [0.05, 0.1) is 18.4 Å². The third-order valence-electron chi connectivity index (χ3n) is 4.34. The van der Waals surface area contributed by atoms with Gasteiger partial charge in [-0.25, -0.2) is 9.97 Å². The Bertz CT molecular complexity index is 465. The first kappa shape index (κ1) is 15.6.